The first-order valence-electron chi connectivity index (χ1n) is 11.5. The summed E-state index contributed by atoms with van der Waals surface area (Å²) in [6.07, 6.45) is 0.844. The molecule has 0 heterocycles. The van der Waals surface area contributed by atoms with Crippen molar-refractivity contribution in [2.45, 2.75) is 26.2 Å². The van der Waals surface area contributed by atoms with Gasteiger partial charge in [-0.05, 0) is 61.0 Å². The van der Waals surface area contributed by atoms with Crippen molar-refractivity contribution in [3.63, 3.8) is 0 Å². The predicted molar refractivity (Wildman–Crippen MR) is 135 cm³/mol. The summed E-state index contributed by atoms with van der Waals surface area (Å²) in [5.74, 6) is -0.788. The Morgan fingerprint density at radius 2 is 1.66 bits per heavy atom. The molecule has 0 aliphatic heterocycles. The molecule has 35 heavy (non-hydrogen) atoms. The number of nitrogens with zero attached hydrogens (tertiary/aromatic N) is 1. The van der Waals surface area contributed by atoms with Gasteiger partial charge >= 0.3 is 5.97 Å². The van der Waals surface area contributed by atoms with Crippen molar-refractivity contribution >= 4 is 28.3 Å². The van der Waals surface area contributed by atoms with Gasteiger partial charge < -0.3 is 14.7 Å². The fourth-order valence-electron chi connectivity index (χ4n) is 4.15. The Kier molecular flexibility index (Phi) is 7.41. The molecule has 0 aromatic heterocycles. The van der Waals surface area contributed by atoms with Crippen LogP contribution in [0, 0.1) is 5.82 Å². The van der Waals surface area contributed by atoms with Crippen LogP contribution in [-0.4, -0.2) is 23.5 Å². The maximum Gasteiger partial charge on any atom is 0.303 e. The van der Waals surface area contributed by atoms with Gasteiger partial charge in [-0.15, -0.1) is 0 Å². The van der Waals surface area contributed by atoms with Crippen molar-refractivity contribution in [3.05, 3.63) is 102 Å². The molecule has 6 heteroatoms. The average Bonchev–Trinajstić information content (AvgIpc) is 2.85. The van der Waals surface area contributed by atoms with Crippen molar-refractivity contribution in [3.8, 4) is 11.5 Å². The molecule has 0 saturated carbocycles. The van der Waals surface area contributed by atoms with E-state index in [1.807, 2.05) is 49.4 Å². The lowest BCUT2D eigenvalue weighted by Gasteiger charge is -2.24. The molecule has 0 atom stereocenters. The second-order valence-corrected chi connectivity index (χ2v) is 8.17. The van der Waals surface area contributed by atoms with E-state index in [2.05, 4.69) is 0 Å². The SMILES string of the molecule is CCN(C(=O)c1cc(Oc2cccc(F)c2)ccc1CCCC(=O)O)c1cccc2ccccc12. The topological polar surface area (TPSA) is 66.8 Å². The number of hydrogen-bond acceptors (Lipinski definition) is 3. The van der Waals surface area contributed by atoms with Gasteiger partial charge in [0.15, 0.2) is 0 Å². The van der Waals surface area contributed by atoms with Crippen LogP contribution in [0.4, 0.5) is 10.1 Å². The highest BCUT2D eigenvalue weighted by Gasteiger charge is 2.22. The molecule has 0 spiro atoms. The Bertz CT molecular complexity index is 1360. The van der Waals surface area contributed by atoms with E-state index in [4.69, 9.17) is 9.84 Å². The summed E-state index contributed by atoms with van der Waals surface area (Å²) >= 11 is 0. The summed E-state index contributed by atoms with van der Waals surface area (Å²) < 4.78 is 19.5. The number of anilines is 1. The van der Waals surface area contributed by atoms with Crippen molar-refractivity contribution in [1.29, 1.82) is 0 Å². The van der Waals surface area contributed by atoms with E-state index in [0.717, 1.165) is 22.0 Å². The Morgan fingerprint density at radius 3 is 2.43 bits per heavy atom. The summed E-state index contributed by atoms with van der Waals surface area (Å²) in [5, 5.41) is 11.0. The molecule has 0 unspecified atom stereocenters. The summed E-state index contributed by atoms with van der Waals surface area (Å²) in [7, 11) is 0. The van der Waals surface area contributed by atoms with Gasteiger partial charge in [0.1, 0.15) is 17.3 Å². The standard InChI is InChI=1S/C29H26FNO4/c1-2-31(27-14-5-9-20-8-3-4-13-25(20)27)29(34)26-19-24(35-23-12-7-11-22(30)18-23)17-16-21(26)10-6-15-28(32)33/h3-5,7-9,11-14,16-19H,2,6,10,15H2,1H3,(H,32,33). The zero-order valence-corrected chi connectivity index (χ0v) is 19.4. The zero-order chi connectivity index (χ0) is 24.8. The van der Waals surface area contributed by atoms with Crippen LogP contribution in [-0.2, 0) is 11.2 Å². The summed E-state index contributed by atoms with van der Waals surface area (Å²) in [6.45, 7) is 2.35. The lowest BCUT2D eigenvalue weighted by Crippen LogP contribution is -2.31. The predicted octanol–water partition coefficient (Wildman–Crippen LogP) is 6.85. The number of benzene rings is 4. The number of halogens is 1. The number of ether oxygens (including phenoxy) is 1. The minimum atomic E-state index is -0.880. The van der Waals surface area contributed by atoms with E-state index in [-0.39, 0.29) is 12.3 Å². The zero-order valence-electron chi connectivity index (χ0n) is 19.4. The van der Waals surface area contributed by atoms with Crippen LogP contribution in [0.3, 0.4) is 0 Å². The molecule has 0 fully saturated rings. The number of amides is 1. The van der Waals surface area contributed by atoms with Gasteiger partial charge in [0.05, 0.1) is 5.69 Å². The van der Waals surface area contributed by atoms with E-state index in [1.165, 1.54) is 12.1 Å². The Labute approximate surface area is 203 Å². The molecule has 0 radical (unpaired) electrons. The van der Waals surface area contributed by atoms with Crippen LogP contribution < -0.4 is 9.64 Å². The molecular weight excluding hydrogens is 445 g/mol. The summed E-state index contributed by atoms with van der Waals surface area (Å²) in [5.41, 5.74) is 1.96. The molecule has 4 aromatic rings. The molecule has 1 N–H and O–H groups in total. The molecule has 4 aromatic carbocycles. The molecular formula is C29H26FNO4. The number of aliphatic carboxylic acids is 1. The lowest BCUT2D eigenvalue weighted by molar-refractivity contribution is -0.137. The second kappa shape index (κ2) is 10.8. The lowest BCUT2D eigenvalue weighted by atomic mass is 9.99. The number of aryl methyl sites for hydroxylation is 1. The van der Waals surface area contributed by atoms with Crippen LogP contribution >= 0.6 is 0 Å². The third-order valence-corrected chi connectivity index (χ3v) is 5.80. The first-order chi connectivity index (χ1) is 17.0. The average molecular weight is 472 g/mol. The summed E-state index contributed by atoms with van der Waals surface area (Å²) in [6, 6.07) is 24.7. The number of carbonyl (C=O) groups excluding carboxylic acids is 1. The Hall–Kier alpha value is -4.19. The van der Waals surface area contributed by atoms with Gasteiger partial charge in [0.2, 0.25) is 0 Å². The fourth-order valence-corrected chi connectivity index (χ4v) is 4.15. The van der Waals surface area contributed by atoms with Gasteiger partial charge in [-0.2, -0.15) is 0 Å². The first-order valence-corrected chi connectivity index (χ1v) is 11.5. The summed E-state index contributed by atoms with van der Waals surface area (Å²) in [4.78, 5) is 26.6. The highest BCUT2D eigenvalue weighted by molar-refractivity contribution is 6.11. The third kappa shape index (κ3) is 5.66. The van der Waals surface area contributed by atoms with Gasteiger partial charge in [-0.25, -0.2) is 4.39 Å². The normalized spacial score (nSPS) is 10.8. The van der Waals surface area contributed by atoms with Crippen LogP contribution in [0.15, 0.2) is 84.9 Å². The molecule has 0 aliphatic carbocycles. The second-order valence-electron chi connectivity index (χ2n) is 8.17. The van der Waals surface area contributed by atoms with E-state index in [0.29, 0.717) is 36.4 Å². The Morgan fingerprint density at radius 1 is 0.914 bits per heavy atom. The smallest absolute Gasteiger partial charge is 0.303 e. The molecule has 4 rings (SSSR count). The molecule has 0 saturated heterocycles. The number of carboxylic acid groups (broad SMARTS) is 1. The minimum Gasteiger partial charge on any atom is -0.481 e. The van der Waals surface area contributed by atoms with Crippen LogP contribution in [0.2, 0.25) is 0 Å². The number of fused-ring (bicyclic) bond motifs is 1. The van der Waals surface area contributed by atoms with Gasteiger partial charge in [0.25, 0.3) is 5.91 Å². The largest absolute Gasteiger partial charge is 0.481 e. The molecule has 0 aliphatic rings. The van der Waals surface area contributed by atoms with Gasteiger partial charge in [-0.3, -0.25) is 9.59 Å². The molecule has 178 valence electrons. The van der Waals surface area contributed by atoms with Crippen molar-refractivity contribution in [1.82, 2.24) is 0 Å². The van der Waals surface area contributed by atoms with Crippen molar-refractivity contribution < 1.29 is 23.8 Å². The molecule has 0 bridgehead atoms. The number of carbonyl (C=O) groups is 2. The van der Waals surface area contributed by atoms with E-state index < -0.39 is 11.8 Å². The third-order valence-electron chi connectivity index (χ3n) is 5.80. The minimum absolute atomic E-state index is 0.00991. The van der Waals surface area contributed by atoms with Crippen molar-refractivity contribution in [2.24, 2.45) is 0 Å². The number of carboxylic acids is 1. The van der Waals surface area contributed by atoms with Crippen LogP contribution in [0.1, 0.15) is 35.7 Å². The first kappa shape index (κ1) is 24.0. The Balaban J connectivity index is 1.73. The van der Waals surface area contributed by atoms with E-state index in [1.54, 1.807) is 35.2 Å². The van der Waals surface area contributed by atoms with Crippen LogP contribution in [0.5, 0.6) is 11.5 Å². The van der Waals surface area contributed by atoms with Gasteiger partial charge in [0, 0.05) is 30.0 Å². The highest BCUT2D eigenvalue weighted by Crippen LogP contribution is 2.31. The number of rotatable bonds is 9. The highest BCUT2D eigenvalue weighted by atomic mass is 19.1. The molecule has 1 amide bonds. The van der Waals surface area contributed by atoms with Gasteiger partial charge in [-0.1, -0.05) is 48.5 Å². The maximum atomic E-state index is 13.9. The number of hydrogen-bond donors (Lipinski definition) is 1. The van der Waals surface area contributed by atoms with Crippen LogP contribution in [0.25, 0.3) is 10.8 Å². The van der Waals surface area contributed by atoms with E-state index in [9.17, 15) is 14.0 Å². The fraction of sp³-hybridized carbons (Fsp3) is 0.172. The quantitative estimate of drug-likeness (QED) is 0.290. The maximum absolute atomic E-state index is 13.9. The molecule has 5 nitrogen and oxygen atoms in total. The monoisotopic (exact) mass is 471 g/mol. The van der Waals surface area contributed by atoms with Crippen molar-refractivity contribution in [2.75, 3.05) is 11.4 Å². The van der Waals surface area contributed by atoms with E-state index >= 15 is 0 Å².